The van der Waals surface area contributed by atoms with Crippen molar-refractivity contribution >= 4 is 150 Å². The van der Waals surface area contributed by atoms with Crippen LogP contribution in [0.3, 0.4) is 0 Å². The van der Waals surface area contributed by atoms with Crippen LogP contribution in [0.1, 0.15) is 0 Å². The van der Waals surface area contributed by atoms with E-state index in [-0.39, 0.29) is 0 Å². The molecule has 0 fully saturated rings. The molecule has 10 nitrogen and oxygen atoms in total. The van der Waals surface area contributed by atoms with Gasteiger partial charge >= 0.3 is 0 Å². The zero-order chi connectivity index (χ0) is 66.9. The molecule has 0 aliphatic rings. The van der Waals surface area contributed by atoms with Gasteiger partial charge in [0.2, 0.25) is 11.9 Å². The monoisotopic (exact) mass is 1340 g/mol. The first kappa shape index (κ1) is 57.8. The van der Waals surface area contributed by atoms with E-state index in [0.717, 1.165) is 88.3 Å². The minimum absolute atomic E-state index is 0.589. The predicted molar refractivity (Wildman–Crippen MR) is 425 cm³/mol. The molecule has 0 aliphatic heterocycles. The Morgan fingerprint density at radius 2 is 0.539 bits per heavy atom. The second-order valence-electron chi connectivity index (χ2n) is 25.7. The molecule has 102 heavy (non-hydrogen) atoms. The van der Waals surface area contributed by atoms with Crippen LogP contribution in [-0.4, -0.2) is 48.2 Å². The molecule has 0 saturated heterocycles. The van der Waals surface area contributed by atoms with Crippen LogP contribution in [0.15, 0.2) is 328 Å². The van der Waals surface area contributed by atoms with Crippen molar-refractivity contribution in [1.29, 1.82) is 0 Å². The highest BCUT2D eigenvalue weighted by molar-refractivity contribution is 7.26. The third kappa shape index (κ3) is 9.17. The Labute approximate surface area is 590 Å². The molecular formula is C90H54N10S2. The molecule has 0 unspecified atom stereocenters. The Balaban J connectivity index is 0.000000133. The first-order valence-electron chi connectivity index (χ1n) is 34.1. The molecule has 0 saturated carbocycles. The molecule has 0 bridgehead atoms. The molecule has 8 heterocycles. The number of rotatable bonds is 8. The summed E-state index contributed by atoms with van der Waals surface area (Å²) in [4.78, 5) is 31.3. The van der Waals surface area contributed by atoms with Gasteiger partial charge in [-0.15, -0.1) is 22.7 Å². The van der Waals surface area contributed by atoms with E-state index in [9.17, 15) is 0 Å². The highest BCUT2D eigenvalue weighted by Crippen LogP contribution is 2.45. The standard InChI is InChI=1S/2C45H27N5S/c1-3-14-28(15-4-1)43-46-44(33-21-13-25-41-42(33)32-20-9-12-24-40(32)51-41)48-45(47-43)50-37-23-11-8-19-31(37)35-26-38-34(27-39(35)50)30-18-7-10-22-36(30)49(38)29-16-5-2-6-17-29;1-3-13-28(14-4-1)43-46-44(29-23-24-42-36(25-29)33-19-9-12-22-41(33)51-42)48-45(47-43)50-38-21-11-8-18-32(38)35-26-39-34(27-40(35)50)31-17-7-10-20-37(31)49(39)30-15-5-2-6-16-30/h2*1-27H. The summed E-state index contributed by atoms with van der Waals surface area (Å²) in [6, 6.07) is 116. The van der Waals surface area contributed by atoms with Gasteiger partial charge in [0.1, 0.15) is 0 Å². The van der Waals surface area contributed by atoms with Gasteiger partial charge in [0.25, 0.3) is 0 Å². The van der Waals surface area contributed by atoms with Crippen molar-refractivity contribution in [3.8, 4) is 68.8 Å². The van der Waals surface area contributed by atoms with Crippen LogP contribution in [0, 0.1) is 0 Å². The van der Waals surface area contributed by atoms with Crippen LogP contribution in [0.5, 0.6) is 0 Å². The Bertz CT molecular complexity index is 7130. The van der Waals surface area contributed by atoms with E-state index < -0.39 is 0 Å². The van der Waals surface area contributed by atoms with Crippen molar-refractivity contribution in [2.75, 3.05) is 0 Å². The first-order chi connectivity index (χ1) is 50.6. The highest BCUT2D eigenvalue weighted by atomic mass is 32.1. The molecule has 8 aromatic heterocycles. The molecule has 0 atom stereocenters. The molecule has 22 aromatic rings. The minimum atomic E-state index is 0.589. The van der Waals surface area contributed by atoms with E-state index in [2.05, 4.69) is 309 Å². The zero-order valence-corrected chi connectivity index (χ0v) is 56.1. The van der Waals surface area contributed by atoms with Crippen LogP contribution < -0.4 is 0 Å². The lowest BCUT2D eigenvalue weighted by Gasteiger charge is -2.12. The fourth-order valence-electron chi connectivity index (χ4n) is 15.4. The topological polar surface area (TPSA) is 97.1 Å². The summed E-state index contributed by atoms with van der Waals surface area (Å²) in [7, 11) is 0. The molecule has 0 aliphatic carbocycles. The van der Waals surface area contributed by atoms with Crippen molar-refractivity contribution in [1.82, 2.24) is 48.2 Å². The van der Waals surface area contributed by atoms with Crippen molar-refractivity contribution in [2.24, 2.45) is 0 Å². The number of hydrogen-bond acceptors (Lipinski definition) is 8. The molecule has 0 amide bonds. The van der Waals surface area contributed by atoms with Gasteiger partial charge in [-0.1, -0.05) is 218 Å². The summed E-state index contributed by atoms with van der Waals surface area (Å²) in [6.45, 7) is 0. The van der Waals surface area contributed by atoms with Crippen LogP contribution in [0.25, 0.3) is 196 Å². The maximum absolute atomic E-state index is 5.34. The van der Waals surface area contributed by atoms with E-state index in [1.807, 2.05) is 47.7 Å². The summed E-state index contributed by atoms with van der Waals surface area (Å²) in [5.74, 6) is 3.75. The summed E-state index contributed by atoms with van der Waals surface area (Å²) in [5, 5.41) is 14.2. The summed E-state index contributed by atoms with van der Waals surface area (Å²) in [6.07, 6.45) is 0. The van der Waals surface area contributed by atoms with Gasteiger partial charge in [0, 0.05) is 117 Å². The Hall–Kier alpha value is -13.3. The Kier molecular flexibility index (Phi) is 13.1. The second-order valence-corrected chi connectivity index (χ2v) is 27.9. The zero-order valence-electron chi connectivity index (χ0n) is 54.5. The summed E-state index contributed by atoms with van der Waals surface area (Å²) < 4.78 is 14.2. The SMILES string of the molecule is c1ccc(-c2nc(-c3ccc4sc5ccccc5c4c3)nc(-n3c4ccccc4c4cc5c(cc43)c3ccccc3n5-c3ccccc3)n2)cc1.c1ccc(-c2nc(-c3cccc4sc5ccccc5c34)nc(-n3c4ccccc4c4cc5c(cc43)c3ccccc3n5-c3ccccc3)n2)cc1. The maximum Gasteiger partial charge on any atom is 0.238 e. The second kappa shape index (κ2) is 23.2. The van der Waals surface area contributed by atoms with Gasteiger partial charge in [-0.05, 0) is 109 Å². The lowest BCUT2D eigenvalue weighted by atomic mass is 10.1. The Morgan fingerprint density at radius 3 is 1.03 bits per heavy atom. The first-order valence-corrected chi connectivity index (χ1v) is 35.7. The lowest BCUT2D eigenvalue weighted by molar-refractivity contribution is 0.954. The highest BCUT2D eigenvalue weighted by Gasteiger charge is 2.25. The van der Waals surface area contributed by atoms with E-state index in [1.165, 1.54) is 72.9 Å². The molecule has 22 rings (SSSR count). The van der Waals surface area contributed by atoms with Gasteiger partial charge in [0.05, 0.1) is 44.1 Å². The number of thiophene rings is 2. The number of benzene rings is 14. The quantitative estimate of drug-likeness (QED) is 0.150. The van der Waals surface area contributed by atoms with Crippen molar-refractivity contribution in [3.05, 3.63) is 328 Å². The van der Waals surface area contributed by atoms with Gasteiger partial charge < -0.3 is 9.13 Å². The predicted octanol–water partition coefficient (Wildman–Crippen LogP) is 23.5. The molecule has 0 radical (unpaired) electrons. The van der Waals surface area contributed by atoms with Crippen molar-refractivity contribution in [2.45, 2.75) is 0 Å². The lowest BCUT2D eigenvalue weighted by Crippen LogP contribution is -2.06. The van der Waals surface area contributed by atoms with Crippen LogP contribution in [-0.2, 0) is 0 Å². The minimum Gasteiger partial charge on any atom is -0.309 e. The van der Waals surface area contributed by atoms with Gasteiger partial charge in [0.15, 0.2) is 23.3 Å². The largest absolute Gasteiger partial charge is 0.309 e. The van der Waals surface area contributed by atoms with E-state index in [4.69, 9.17) is 29.9 Å². The molecule has 14 aromatic carbocycles. The number of hydrogen-bond donors (Lipinski definition) is 0. The molecule has 12 heteroatoms. The normalized spacial score (nSPS) is 11.9. The molecule has 0 spiro atoms. The summed E-state index contributed by atoms with van der Waals surface area (Å²) in [5.41, 5.74) is 15.0. The third-order valence-electron chi connectivity index (χ3n) is 20.0. The molecular weight excluding hydrogens is 1290 g/mol. The molecule has 476 valence electrons. The van der Waals surface area contributed by atoms with E-state index in [0.29, 0.717) is 35.2 Å². The fourth-order valence-corrected chi connectivity index (χ4v) is 17.7. The van der Waals surface area contributed by atoms with Gasteiger partial charge in [-0.2, -0.15) is 19.9 Å². The number of fused-ring (bicyclic) bond motifs is 18. The Morgan fingerprint density at radius 1 is 0.196 bits per heavy atom. The average Bonchev–Trinajstić information content (AvgIpc) is 1.56. The van der Waals surface area contributed by atoms with Crippen molar-refractivity contribution in [3.63, 3.8) is 0 Å². The summed E-state index contributed by atoms with van der Waals surface area (Å²) >= 11 is 3.61. The van der Waals surface area contributed by atoms with E-state index in [1.54, 1.807) is 11.3 Å². The molecule has 0 N–H and O–H groups in total. The third-order valence-corrected chi connectivity index (χ3v) is 22.2. The van der Waals surface area contributed by atoms with Gasteiger partial charge in [-0.25, -0.2) is 9.97 Å². The van der Waals surface area contributed by atoms with E-state index >= 15 is 0 Å². The smallest absolute Gasteiger partial charge is 0.238 e. The van der Waals surface area contributed by atoms with Gasteiger partial charge in [-0.3, -0.25) is 9.13 Å². The van der Waals surface area contributed by atoms with Crippen molar-refractivity contribution < 1.29 is 0 Å². The fraction of sp³-hybridized carbons (Fsp3) is 0. The number of nitrogens with zero attached hydrogens (tertiary/aromatic N) is 10. The average molecular weight is 1340 g/mol. The van der Waals surface area contributed by atoms with Crippen LogP contribution in [0.2, 0.25) is 0 Å². The van der Waals surface area contributed by atoms with Crippen LogP contribution in [0.4, 0.5) is 0 Å². The number of aromatic nitrogens is 10. The number of para-hydroxylation sites is 6. The van der Waals surface area contributed by atoms with Crippen LogP contribution >= 0.6 is 22.7 Å². The maximum atomic E-state index is 5.34.